The first-order chi connectivity index (χ1) is 14.7. The minimum Gasteiger partial charge on any atom is -0.300 e. The van der Waals surface area contributed by atoms with E-state index in [9.17, 15) is 0 Å². The molecular formula is C27H19NS2. The van der Waals surface area contributed by atoms with Gasteiger partial charge in [-0.2, -0.15) is 0 Å². The summed E-state index contributed by atoms with van der Waals surface area (Å²) < 4.78 is 5.03. The van der Waals surface area contributed by atoms with E-state index >= 15 is 0 Å². The van der Waals surface area contributed by atoms with Crippen LogP contribution in [-0.4, -0.2) is 0 Å². The van der Waals surface area contributed by atoms with Crippen molar-refractivity contribution >= 4 is 63.0 Å². The number of rotatable bonds is 2. The molecule has 30 heavy (non-hydrogen) atoms. The summed E-state index contributed by atoms with van der Waals surface area (Å²) in [6, 6.07) is 28.3. The van der Waals surface area contributed by atoms with Gasteiger partial charge in [-0.15, -0.1) is 22.7 Å². The van der Waals surface area contributed by atoms with Gasteiger partial charge in [0.1, 0.15) is 0 Å². The molecule has 0 saturated carbocycles. The second-order valence-electron chi connectivity index (χ2n) is 7.66. The Balaban J connectivity index is 1.73. The van der Waals surface area contributed by atoms with Gasteiger partial charge >= 0.3 is 0 Å². The molecule has 1 N–H and O–H groups in total. The molecule has 1 nitrogen and oxygen atoms in total. The van der Waals surface area contributed by atoms with E-state index in [2.05, 4.69) is 79.7 Å². The van der Waals surface area contributed by atoms with Crippen LogP contribution in [0.3, 0.4) is 0 Å². The highest BCUT2D eigenvalue weighted by Gasteiger charge is 2.13. The average molecular weight is 422 g/mol. The lowest BCUT2D eigenvalue weighted by Gasteiger charge is -2.11. The van der Waals surface area contributed by atoms with Gasteiger partial charge in [-0.3, -0.25) is 5.41 Å². The standard InChI is InChI=1S/C27H19NS2/c1-2-16-13-20(27-22(14-16)26(28)19-8-4-6-10-24(19)30-27)17-11-12-25-21(15-17)18-7-3-5-9-23(18)29-25/h3-15,28H,2H2,1H3. The molecule has 3 heteroatoms. The highest BCUT2D eigenvalue weighted by Crippen LogP contribution is 2.39. The van der Waals surface area contributed by atoms with E-state index in [0.717, 1.165) is 17.2 Å². The Labute approximate surface area is 182 Å². The smallest absolute Gasteiger partial charge is 0.0713 e. The number of aryl methyl sites for hydroxylation is 1. The molecular weight excluding hydrogens is 402 g/mol. The van der Waals surface area contributed by atoms with Gasteiger partial charge in [0, 0.05) is 40.3 Å². The zero-order valence-electron chi connectivity index (χ0n) is 16.5. The third-order valence-corrected chi connectivity index (χ3v) is 8.25. The van der Waals surface area contributed by atoms with Crippen molar-refractivity contribution in [3.63, 3.8) is 0 Å². The number of nitrogens with one attached hydrogen (secondary N) is 1. The lowest BCUT2D eigenvalue weighted by atomic mass is 9.97. The molecule has 144 valence electrons. The van der Waals surface area contributed by atoms with Gasteiger partial charge in [-0.1, -0.05) is 49.4 Å². The number of fused-ring (bicyclic) bond motifs is 5. The number of hydrogen-bond acceptors (Lipinski definition) is 3. The molecule has 0 aliphatic rings. The minimum absolute atomic E-state index is 0.637. The summed E-state index contributed by atoms with van der Waals surface area (Å²) in [5.74, 6) is 0. The van der Waals surface area contributed by atoms with Gasteiger partial charge in [-0.25, -0.2) is 0 Å². The van der Waals surface area contributed by atoms with Crippen molar-refractivity contribution in [2.75, 3.05) is 0 Å². The molecule has 0 aliphatic carbocycles. The average Bonchev–Trinajstić information content (AvgIpc) is 3.17. The predicted molar refractivity (Wildman–Crippen MR) is 133 cm³/mol. The van der Waals surface area contributed by atoms with Gasteiger partial charge in [0.25, 0.3) is 0 Å². The van der Waals surface area contributed by atoms with Crippen LogP contribution in [0.25, 0.3) is 51.5 Å². The fourth-order valence-corrected chi connectivity index (χ4v) is 6.60. The van der Waals surface area contributed by atoms with Crippen LogP contribution in [0.4, 0.5) is 0 Å². The SMILES string of the molecule is CCc1cc(-c2ccc3sc4ccccc4c3c2)c2sc3ccccc3c(=N)c2c1. The monoisotopic (exact) mass is 421 g/mol. The molecule has 0 saturated heterocycles. The summed E-state index contributed by atoms with van der Waals surface area (Å²) >= 11 is 3.65. The molecule has 2 aromatic heterocycles. The van der Waals surface area contributed by atoms with Crippen molar-refractivity contribution in [3.8, 4) is 11.1 Å². The van der Waals surface area contributed by atoms with Crippen molar-refractivity contribution in [1.82, 2.24) is 0 Å². The maximum atomic E-state index is 8.89. The lowest BCUT2D eigenvalue weighted by molar-refractivity contribution is 1.15. The van der Waals surface area contributed by atoms with Crippen LogP contribution < -0.4 is 5.36 Å². The highest BCUT2D eigenvalue weighted by atomic mass is 32.1. The quantitative estimate of drug-likeness (QED) is 0.273. The topological polar surface area (TPSA) is 23.9 Å². The second kappa shape index (κ2) is 6.76. The predicted octanol–water partition coefficient (Wildman–Crippen LogP) is 8.13. The van der Waals surface area contributed by atoms with Gasteiger partial charge in [0.2, 0.25) is 0 Å². The number of benzene rings is 4. The fraction of sp³-hybridized carbons (Fsp3) is 0.0741. The molecule has 0 amide bonds. The maximum absolute atomic E-state index is 8.89. The largest absolute Gasteiger partial charge is 0.300 e. The van der Waals surface area contributed by atoms with Gasteiger partial charge < -0.3 is 0 Å². The second-order valence-corrected chi connectivity index (χ2v) is 9.79. The van der Waals surface area contributed by atoms with E-state index in [4.69, 9.17) is 5.41 Å². The number of thiophene rings is 1. The molecule has 0 bridgehead atoms. The third-order valence-electron chi connectivity index (χ3n) is 5.88. The van der Waals surface area contributed by atoms with E-state index in [1.54, 1.807) is 11.3 Å². The summed E-state index contributed by atoms with van der Waals surface area (Å²) in [5.41, 5.74) is 3.76. The van der Waals surface area contributed by atoms with Crippen molar-refractivity contribution in [1.29, 1.82) is 5.41 Å². The Morgan fingerprint density at radius 1 is 0.667 bits per heavy atom. The Bertz CT molecular complexity index is 1650. The molecule has 4 aromatic carbocycles. The van der Waals surface area contributed by atoms with Gasteiger partial charge in [0.05, 0.1) is 5.36 Å². The van der Waals surface area contributed by atoms with Gasteiger partial charge in [0.15, 0.2) is 0 Å². The van der Waals surface area contributed by atoms with Crippen molar-refractivity contribution in [2.24, 2.45) is 0 Å². The fourth-order valence-electron chi connectivity index (χ4n) is 4.31. The van der Waals surface area contributed by atoms with Crippen LogP contribution in [0.2, 0.25) is 0 Å². The molecule has 6 aromatic rings. The van der Waals surface area contributed by atoms with Crippen molar-refractivity contribution in [3.05, 3.63) is 89.8 Å². The van der Waals surface area contributed by atoms with Crippen LogP contribution in [0.5, 0.6) is 0 Å². The molecule has 6 rings (SSSR count). The summed E-state index contributed by atoms with van der Waals surface area (Å²) in [5, 5.41) is 14.3. The molecule has 0 aliphatic heterocycles. The molecule has 2 heterocycles. The Morgan fingerprint density at radius 2 is 1.37 bits per heavy atom. The molecule has 0 atom stereocenters. The zero-order chi connectivity index (χ0) is 20.2. The normalized spacial score (nSPS) is 11.8. The Hall–Kier alpha value is -3.01. The van der Waals surface area contributed by atoms with Crippen molar-refractivity contribution in [2.45, 2.75) is 13.3 Å². The first-order valence-corrected chi connectivity index (χ1v) is 11.8. The molecule has 0 spiro atoms. The summed E-state index contributed by atoms with van der Waals surface area (Å²) in [6.45, 7) is 2.19. The van der Waals surface area contributed by atoms with E-state index in [1.807, 2.05) is 17.4 Å². The van der Waals surface area contributed by atoms with Crippen LogP contribution >= 0.6 is 22.7 Å². The van der Waals surface area contributed by atoms with E-state index in [-0.39, 0.29) is 0 Å². The molecule has 0 radical (unpaired) electrons. The summed E-state index contributed by atoms with van der Waals surface area (Å²) in [7, 11) is 0. The highest BCUT2D eigenvalue weighted by molar-refractivity contribution is 7.26. The van der Waals surface area contributed by atoms with Crippen molar-refractivity contribution < 1.29 is 0 Å². The minimum atomic E-state index is 0.637. The zero-order valence-corrected chi connectivity index (χ0v) is 18.2. The van der Waals surface area contributed by atoms with Crippen LogP contribution in [0, 0.1) is 5.41 Å². The first-order valence-electron chi connectivity index (χ1n) is 10.2. The Kier molecular flexibility index (Phi) is 4.02. The third kappa shape index (κ3) is 2.63. The Morgan fingerprint density at radius 3 is 2.17 bits per heavy atom. The summed E-state index contributed by atoms with van der Waals surface area (Å²) in [6.07, 6.45) is 0.962. The van der Waals surface area contributed by atoms with E-state index < -0.39 is 0 Å². The van der Waals surface area contributed by atoms with E-state index in [1.165, 1.54) is 46.3 Å². The first kappa shape index (κ1) is 17.8. The van der Waals surface area contributed by atoms with Crippen LogP contribution in [-0.2, 0) is 6.42 Å². The molecule has 0 fully saturated rings. The van der Waals surface area contributed by atoms with Gasteiger partial charge in [-0.05, 0) is 59.5 Å². The lowest BCUT2D eigenvalue weighted by Crippen LogP contribution is -2.02. The van der Waals surface area contributed by atoms with E-state index in [0.29, 0.717) is 5.36 Å². The summed E-state index contributed by atoms with van der Waals surface area (Å²) in [4.78, 5) is 0. The molecule has 0 unspecified atom stereocenters. The maximum Gasteiger partial charge on any atom is 0.0713 e. The number of hydrogen-bond donors (Lipinski definition) is 1. The van der Waals surface area contributed by atoms with Crippen LogP contribution in [0.15, 0.2) is 78.9 Å². The van der Waals surface area contributed by atoms with Crippen LogP contribution in [0.1, 0.15) is 12.5 Å².